The zero-order valence-corrected chi connectivity index (χ0v) is 65.9. The van der Waals surface area contributed by atoms with Crippen molar-refractivity contribution in [2.24, 2.45) is 11.8 Å². The summed E-state index contributed by atoms with van der Waals surface area (Å²) in [6, 6.07) is 0. The second-order valence-corrected chi connectivity index (χ2v) is 31.8. The molecule has 0 bridgehead atoms. The average Bonchev–Trinajstić information content (AvgIpc) is 1.05. The van der Waals surface area contributed by atoms with Crippen LogP contribution in [0.4, 0.5) is 0 Å². The SMILES string of the molecule is CCCCCCCCCCCCCCCC(=O)OC[C@H](COP(=O)(O)OC[C@@H](O)COP(=O)(O)OC[C@@H](COC(=O)CCCCCCCCC(C)CC)OC(=O)CCCCCCCCCCCCCCC)OC(=O)CCCCCCCCCCCCCCCCCCCCC(C)CC. The standard InChI is InChI=1S/C79H154O17P2/c1-7-11-13-15-17-19-21-29-34-38-42-49-55-61-76(81)89-67-74(95-78(83)64-58-52-44-40-36-32-28-26-24-23-25-27-31-33-37-41-47-53-59-71(5)9-3)69-93-97(85,86)91-65-73(80)66-92-98(87,88)94-70-75(68-90-77(82)62-56-50-46-45-48-54-60-72(6)10-4)96-79(84)63-57-51-43-39-35-30-22-20-18-16-14-12-8-2/h71-75,80H,7-70H2,1-6H3,(H,85,86)(H,87,88)/t71?,72?,73-,74-,75-/m1/s1. The molecule has 7 atom stereocenters. The highest BCUT2D eigenvalue weighted by molar-refractivity contribution is 7.47. The van der Waals surface area contributed by atoms with Crippen LogP contribution in [0, 0.1) is 11.8 Å². The lowest BCUT2D eigenvalue weighted by molar-refractivity contribution is -0.161. The fourth-order valence-electron chi connectivity index (χ4n) is 12.1. The van der Waals surface area contributed by atoms with E-state index in [0.717, 1.165) is 108 Å². The lowest BCUT2D eigenvalue weighted by Gasteiger charge is -2.21. The van der Waals surface area contributed by atoms with Crippen molar-refractivity contribution in [2.45, 2.75) is 432 Å². The minimum atomic E-state index is -4.96. The molecule has 0 heterocycles. The molecular formula is C79H154O17P2. The van der Waals surface area contributed by atoms with Gasteiger partial charge in [0.1, 0.15) is 19.3 Å². The van der Waals surface area contributed by atoms with E-state index in [0.29, 0.717) is 25.7 Å². The van der Waals surface area contributed by atoms with Crippen molar-refractivity contribution in [2.75, 3.05) is 39.6 Å². The van der Waals surface area contributed by atoms with Gasteiger partial charge in [-0.25, -0.2) is 9.13 Å². The summed E-state index contributed by atoms with van der Waals surface area (Å²) < 4.78 is 68.6. The van der Waals surface area contributed by atoms with Crippen LogP contribution in [0.15, 0.2) is 0 Å². The topological polar surface area (TPSA) is 237 Å². The van der Waals surface area contributed by atoms with E-state index in [4.69, 9.17) is 37.0 Å². The Balaban J connectivity index is 5.20. The Hall–Kier alpha value is -1.94. The van der Waals surface area contributed by atoms with Gasteiger partial charge in [0.05, 0.1) is 26.4 Å². The van der Waals surface area contributed by atoms with E-state index in [9.17, 15) is 43.2 Å². The number of hydrogen-bond acceptors (Lipinski definition) is 15. The molecule has 0 amide bonds. The van der Waals surface area contributed by atoms with Crippen molar-refractivity contribution >= 4 is 39.5 Å². The zero-order chi connectivity index (χ0) is 72.1. The van der Waals surface area contributed by atoms with Crippen LogP contribution in [-0.4, -0.2) is 96.7 Å². The largest absolute Gasteiger partial charge is 0.472 e. The number of hydrogen-bond donors (Lipinski definition) is 3. The van der Waals surface area contributed by atoms with Crippen LogP contribution in [0.25, 0.3) is 0 Å². The normalized spacial score (nSPS) is 14.5. The number of rotatable bonds is 78. The molecule has 0 saturated heterocycles. The van der Waals surface area contributed by atoms with Crippen LogP contribution in [0.5, 0.6) is 0 Å². The maximum atomic E-state index is 13.1. The summed E-state index contributed by atoms with van der Waals surface area (Å²) in [7, 11) is -9.91. The Bertz CT molecular complexity index is 1890. The van der Waals surface area contributed by atoms with Gasteiger partial charge >= 0.3 is 39.5 Å². The average molecular weight is 1440 g/mol. The van der Waals surface area contributed by atoms with Gasteiger partial charge < -0.3 is 33.8 Å². The van der Waals surface area contributed by atoms with Gasteiger partial charge in [0.15, 0.2) is 12.2 Å². The van der Waals surface area contributed by atoms with Gasteiger partial charge in [0.25, 0.3) is 0 Å². The van der Waals surface area contributed by atoms with E-state index in [1.165, 1.54) is 225 Å². The summed E-state index contributed by atoms with van der Waals surface area (Å²) in [5, 5.41) is 10.6. The van der Waals surface area contributed by atoms with Gasteiger partial charge in [-0.1, -0.05) is 363 Å². The Morgan fingerprint density at radius 1 is 0.286 bits per heavy atom. The minimum absolute atomic E-state index is 0.107. The molecular weight excluding hydrogens is 1280 g/mol. The molecule has 0 aromatic carbocycles. The van der Waals surface area contributed by atoms with Crippen LogP contribution in [0.2, 0.25) is 0 Å². The van der Waals surface area contributed by atoms with Gasteiger partial charge in [0, 0.05) is 25.7 Å². The Labute approximate surface area is 600 Å². The number of aliphatic hydroxyl groups is 1. The first-order chi connectivity index (χ1) is 47.4. The molecule has 3 N–H and O–H groups in total. The molecule has 0 aliphatic heterocycles. The smallest absolute Gasteiger partial charge is 0.462 e. The number of ether oxygens (including phenoxy) is 4. The number of unbranched alkanes of at least 4 members (excludes halogenated alkanes) is 46. The van der Waals surface area contributed by atoms with Crippen LogP contribution < -0.4 is 0 Å². The van der Waals surface area contributed by atoms with E-state index >= 15 is 0 Å². The molecule has 0 aliphatic carbocycles. The Kier molecular flexibility index (Phi) is 69.3. The lowest BCUT2D eigenvalue weighted by atomic mass is 9.99. The van der Waals surface area contributed by atoms with Crippen LogP contribution in [0.3, 0.4) is 0 Å². The second-order valence-electron chi connectivity index (χ2n) is 28.9. The van der Waals surface area contributed by atoms with Gasteiger partial charge in [-0.2, -0.15) is 0 Å². The molecule has 0 saturated carbocycles. The number of carbonyl (C=O) groups is 4. The summed E-state index contributed by atoms with van der Waals surface area (Å²) in [6.07, 6.45) is 59.6. The van der Waals surface area contributed by atoms with E-state index in [1.54, 1.807) is 0 Å². The van der Waals surface area contributed by atoms with Gasteiger partial charge in [0.2, 0.25) is 0 Å². The fraction of sp³-hybridized carbons (Fsp3) is 0.949. The van der Waals surface area contributed by atoms with Crippen LogP contribution in [0.1, 0.15) is 414 Å². The number of esters is 4. The van der Waals surface area contributed by atoms with Gasteiger partial charge in [-0.3, -0.25) is 37.3 Å². The molecule has 98 heavy (non-hydrogen) atoms. The maximum absolute atomic E-state index is 13.1. The number of phosphoric ester groups is 2. The molecule has 0 rings (SSSR count). The van der Waals surface area contributed by atoms with E-state index in [1.807, 2.05) is 0 Å². The molecule has 0 aromatic heterocycles. The number of aliphatic hydroxyl groups excluding tert-OH is 1. The highest BCUT2D eigenvalue weighted by atomic mass is 31.2. The summed E-state index contributed by atoms with van der Waals surface area (Å²) in [6.45, 7) is 9.65. The Morgan fingerprint density at radius 2 is 0.490 bits per heavy atom. The van der Waals surface area contributed by atoms with Crippen molar-refractivity contribution in [3.05, 3.63) is 0 Å². The van der Waals surface area contributed by atoms with Crippen molar-refractivity contribution < 1.29 is 80.2 Å². The molecule has 0 spiro atoms. The highest BCUT2D eigenvalue weighted by Gasteiger charge is 2.30. The van der Waals surface area contributed by atoms with Crippen molar-refractivity contribution in [1.29, 1.82) is 0 Å². The van der Waals surface area contributed by atoms with E-state index in [2.05, 4.69) is 41.5 Å². The summed E-state index contributed by atoms with van der Waals surface area (Å²) in [4.78, 5) is 72.9. The molecule has 0 aliphatic rings. The second kappa shape index (κ2) is 70.7. The third-order valence-corrected chi connectivity index (χ3v) is 21.1. The summed E-state index contributed by atoms with van der Waals surface area (Å²) in [5.74, 6) is -0.509. The minimum Gasteiger partial charge on any atom is -0.462 e. The first kappa shape index (κ1) is 96.1. The summed E-state index contributed by atoms with van der Waals surface area (Å²) >= 11 is 0. The molecule has 19 heteroatoms. The zero-order valence-electron chi connectivity index (χ0n) is 64.1. The van der Waals surface area contributed by atoms with Crippen molar-refractivity contribution in [3.63, 3.8) is 0 Å². The van der Waals surface area contributed by atoms with Crippen LogP contribution in [-0.2, 0) is 65.4 Å². The molecule has 0 fully saturated rings. The monoisotopic (exact) mass is 1440 g/mol. The molecule has 4 unspecified atom stereocenters. The highest BCUT2D eigenvalue weighted by Crippen LogP contribution is 2.45. The molecule has 0 radical (unpaired) electrons. The predicted molar refractivity (Wildman–Crippen MR) is 400 cm³/mol. The maximum Gasteiger partial charge on any atom is 0.472 e. The van der Waals surface area contributed by atoms with E-state index < -0.39 is 97.5 Å². The van der Waals surface area contributed by atoms with Crippen molar-refractivity contribution in [3.8, 4) is 0 Å². The quantitative estimate of drug-likeness (QED) is 0.0222. The van der Waals surface area contributed by atoms with Crippen LogP contribution >= 0.6 is 15.6 Å². The molecule has 582 valence electrons. The van der Waals surface area contributed by atoms with Gasteiger partial charge in [-0.15, -0.1) is 0 Å². The van der Waals surface area contributed by atoms with Crippen molar-refractivity contribution in [1.82, 2.24) is 0 Å². The first-order valence-corrected chi connectivity index (χ1v) is 44.1. The first-order valence-electron chi connectivity index (χ1n) is 41.1. The molecule has 0 aromatic rings. The molecule has 17 nitrogen and oxygen atoms in total. The third-order valence-electron chi connectivity index (χ3n) is 19.2. The number of phosphoric acid groups is 2. The van der Waals surface area contributed by atoms with E-state index in [-0.39, 0.29) is 25.7 Å². The lowest BCUT2D eigenvalue weighted by Crippen LogP contribution is -2.30. The predicted octanol–water partition coefficient (Wildman–Crippen LogP) is 23.5. The Morgan fingerprint density at radius 3 is 0.724 bits per heavy atom. The fourth-order valence-corrected chi connectivity index (χ4v) is 13.7. The summed E-state index contributed by atoms with van der Waals surface area (Å²) in [5.41, 5.74) is 0. The number of carbonyl (C=O) groups excluding carboxylic acids is 4. The van der Waals surface area contributed by atoms with Gasteiger partial charge in [-0.05, 0) is 37.5 Å². The third kappa shape index (κ3) is 69.8.